The van der Waals surface area contributed by atoms with Gasteiger partial charge in [-0.2, -0.15) is 0 Å². The maximum absolute atomic E-state index is 14.9. The standard InChI is InChI=1S/C37H49N3O6/c1-23(2)16-17-26(5)40(35(44)30(38-36(45)46-37(6,7)8)22-27-18-20-28(41)21-19-27)33(29-14-9-10-15-31(29)42)34(43)39-32-24(3)12-11-13-25(32)4/h9-15,18-21,23,26,30,33,41-42H,16-17,22H2,1-8H3,(H,38,45)(H,39,43). The fourth-order valence-electron chi connectivity index (χ4n) is 5.35. The number of nitrogens with one attached hydrogen (secondary N) is 2. The van der Waals surface area contributed by atoms with Gasteiger partial charge in [0.1, 0.15) is 29.2 Å². The molecule has 0 radical (unpaired) electrons. The molecule has 9 nitrogen and oxygen atoms in total. The first-order valence-electron chi connectivity index (χ1n) is 15.8. The summed E-state index contributed by atoms with van der Waals surface area (Å²) in [4.78, 5) is 43.9. The van der Waals surface area contributed by atoms with Crippen LogP contribution in [0.25, 0.3) is 0 Å². The molecule has 0 bridgehead atoms. The monoisotopic (exact) mass is 631 g/mol. The van der Waals surface area contributed by atoms with Gasteiger partial charge in [0.05, 0.1) is 0 Å². The van der Waals surface area contributed by atoms with E-state index in [1.807, 2.05) is 39.0 Å². The second-order valence-electron chi connectivity index (χ2n) is 13.4. The van der Waals surface area contributed by atoms with E-state index in [-0.39, 0.29) is 23.5 Å². The molecule has 0 aliphatic carbocycles. The van der Waals surface area contributed by atoms with E-state index >= 15 is 0 Å². The Morgan fingerprint density at radius 2 is 1.46 bits per heavy atom. The summed E-state index contributed by atoms with van der Waals surface area (Å²) in [5.74, 6) is -0.741. The number of ether oxygens (including phenoxy) is 1. The van der Waals surface area contributed by atoms with Crippen LogP contribution in [0.2, 0.25) is 0 Å². The zero-order valence-electron chi connectivity index (χ0n) is 28.3. The molecule has 3 amide bonds. The van der Waals surface area contributed by atoms with Gasteiger partial charge < -0.3 is 30.5 Å². The molecule has 9 heteroatoms. The highest BCUT2D eigenvalue weighted by molar-refractivity contribution is 6.00. The van der Waals surface area contributed by atoms with Crippen molar-refractivity contribution in [3.05, 3.63) is 89.0 Å². The summed E-state index contributed by atoms with van der Waals surface area (Å²) < 4.78 is 5.53. The number of aromatic hydroxyl groups is 2. The van der Waals surface area contributed by atoms with Crippen LogP contribution in [-0.4, -0.2) is 50.7 Å². The van der Waals surface area contributed by atoms with Crippen molar-refractivity contribution < 1.29 is 29.3 Å². The van der Waals surface area contributed by atoms with Crippen LogP contribution in [0.4, 0.5) is 10.5 Å². The minimum absolute atomic E-state index is 0.0672. The average molecular weight is 632 g/mol. The van der Waals surface area contributed by atoms with E-state index in [0.717, 1.165) is 17.5 Å². The van der Waals surface area contributed by atoms with Crippen LogP contribution >= 0.6 is 0 Å². The summed E-state index contributed by atoms with van der Waals surface area (Å²) in [7, 11) is 0. The number of para-hydroxylation sites is 2. The van der Waals surface area contributed by atoms with Crippen molar-refractivity contribution in [3.8, 4) is 11.5 Å². The second-order valence-corrected chi connectivity index (χ2v) is 13.4. The summed E-state index contributed by atoms with van der Waals surface area (Å²) in [6.07, 6.45) is 0.637. The van der Waals surface area contributed by atoms with Gasteiger partial charge in [-0.1, -0.05) is 62.4 Å². The molecule has 0 aliphatic heterocycles. The lowest BCUT2D eigenvalue weighted by Gasteiger charge is -2.39. The number of anilines is 1. The first-order chi connectivity index (χ1) is 21.6. The highest BCUT2D eigenvalue weighted by atomic mass is 16.6. The van der Waals surface area contributed by atoms with E-state index in [4.69, 9.17) is 4.74 Å². The number of amides is 3. The predicted molar refractivity (Wildman–Crippen MR) is 181 cm³/mol. The molecule has 0 heterocycles. The topological polar surface area (TPSA) is 128 Å². The van der Waals surface area contributed by atoms with Gasteiger partial charge in [-0.15, -0.1) is 0 Å². The fraction of sp³-hybridized carbons (Fsp3) is 0.432. The molecule has 3 aromatic rings. The third-order valence-electron chi connectivity index (χ3n) is 7.74. The van der Waals surface area contributed by atoms with Gasteiger partial charge in [0, 0.05) is 23.7 Å². The maximum atomic E-state index is 14.9. The zero-order chi connectivity index (χ0) is 34.2. The molecule has 0 fully saturated rings. The van der Waals surface area contributed by atoms with Crippen molar-refractivity contribution in [2.45, 2.75) is 98.4 Å². The van der Waals surface area contributed by atoms with E-state index < -0.39 is 41.6 Å². The number of carbonyl (C=O) groups excluding carboxylic acids is 3. The normalized spacial score (nSPS) is 13.4. The van der Waals surface area contributed by atoms with Crippen molar-refractivity contribution in [3.63, 3.8) is 0 Å². The minimum Gasteiger partial charge on any atom is -0.508 e. The highest BCUT2D eigenvalue weighted by Gasteiger charge is 2.40. The average Bonchev–Trinajstić information content (AvgIpc) is 2.96. The number of phenols is 2. The van der Waals surface area contributed by atoms with E-state index in [9.17, 15) is 24.6 Å². The predicted octanol–water partition coefficient (Wildman–Crippen LogP) is 7.18. The Labute approximate surface area is 273 Å². The number of nitrogens with zero attached hydrogens (tertiary/aromatic N) is 1. The number of phenolic OH excluding ortho intramolecular Hbond substituents is 2. The smallest absolute Gasteiger partial charge is 0.408 e. The summed E-state index contributed by atoms with van der Waals surface area (Å²) >= 11 is 0. The summed E-state index contributed by atoms with van der Waals surface area (Å²) in [6, 6.07) is 15.7. The van der Waals surface area contributed by atoms with Gasteiger partial charge in [0.15, 0.2) is 0 Å². The van der Waals surface area contributed by atoms with Crippen LogP contribution in [0.5, 0.6) is 11.5 Å². The van der Waals surface area contributed by atoms with Gasteiger partial charge in [0.2, 0.25) is 5.91 Å². The Kier molecular flexibility index (Phi) is 12.2. The summed E-state index contributed by atoms with van der Waals surface area (Å²) in [5, 5.41) is 26.7. The van der Waals surface area contributed by atoms with Crippen LogP contribution in [0.1, 0.15) is 82.7 Å². The van der Waals surface area contributed by atoms with Crippen molar-refractivity contribution in [1.29, 1.82) is 0 Å². The Balaban J connectivity index is 2.18. The molecule has 46 heavy (non-hydrogen) atoms. The first-order valence-corrected chi connectivity index (χ1v) is 15.8. The Hall–Kier alpha value is -4.53. The number of hydrogen-bond acceptors (Lipinski definition) is 6. The van der Waals surface area contributed by atoms with Gasteiger partial charge >= 0.3 is 6.09 Å². The third kappa shape index (κ3) is 9.99. The molecule has 3 unspecified atom stereocenters. The second kappa shape index (κ2) is 15.7. The molecule has 3 aromatic carbocycles. The van der Waals surface area contributed by atoms with E-state index in [2.05, 4.69) is 24.5 Å². The Morgan fingerprint density at radius 1 is 0.848 bits per heavy atom. The number of benzene rings is 3. The van der Waals surface area contributed by atoms with Gasteiger partial charge in [0.25, 0.3) is 5.91 Å². The lowest BCUT2D eigenvalue weighted by molar-refractivity contribution is -0.143. The van der Waals surface area contributed by atoms with Crippen molar-refractivity contribution in [2.75, 3.05) is 5.32 Å². The van der Waals surface area contributed by atoms with Crippen LogP contribution < -0.4 is 10.6 Å². The number of aryl methyl sites for hydroxylation is 2. The number of carbonyl (C=O) groups is 3. The molecule has 4 N–H and O–H groups in total. The van der Waals surface area contributed by atoms with Crippen molar-refractivity contribution in [2.24, 2.45) is 5.92 Å². The zero-order valence-corrected chi connectivity index (χ0v) is 28.3. The lowest BCUT2D eigenvalue weighted by atomic mass is 9.95. The van der Waals surface area contributed by atoms with Crippen LogP contribution in [0, 0.1) is 19.8 Å². The van der Waals surface area contributed by atoms with Crippen LogP contribution in [0.3, 0.4) is 0 Å². The van der Waals surface area contributed by atoms with E-state index in [0.29, 0.717) is 23.6 Å². The lowest BCUT2D eigenvalue weighted by Crippen LogP contribution is -2.55. The number of alkyl carbamates (subject to hydrolysis) is 1. The molecule has 248 valence electrons. The molecule has 0 aromatic heterocycles. The molecule has 3 atom stereocenters. The quantitative estimate of drug-likeness (QED) is 0.168. The van der Waals surface area contributed by atoms with Crippen molar-refractivity contribution >= 4 is 23.6 Å². The van der Waals surface area contributed by atoms with E-state index in [1.54, 1.807) is 51.1 Å². The largest absolute Gasteiger partial charge is 0.508 e. The van der Waals surface area contributed by atoms with Crippen LogP contribution in [-0.2, 0) is 20.7 Å². The summed E-state index contributed by atoms with van der Waals surface area (Å²) in [6.45, 7) is 15.0. The molecule has 0 saturated carbocycles. The Bertz CT molecular complexity index is 1480. The van der Waals surface area contributed by atoms with Gasteiger partial charge in [-0.05, 0) is 95.2 Å². The first kappa shape index (κ1) is 35.9. The molecule has 0 aliphatic rings. The third-order valence-corrected chi connectivity index (χ3v) is 7.74. The van der Waals surface area contributed by atoms with E-state index in [1.165, 1.54) is 23.1 Å². The maximum Gasteiger partial charge on any atom is 0.408 e. The molecule has 0 spiro atoms. The van der Waals surface area contributed by atoms with Gasteiger partial charge in [-0.25, -0.2) is 4.79 Å². The molecular weight excluding hydrogens is 582 g/mol. The summed E-state index contributed by atoms with van der Waals surface area (Å²) in [5.41, 5.74) is 2.46. The Morgan fingerprint density at radius 3 is 2.02 bits per heavy atom. The van der Waals surface area contributed by atoms with Crippen molar-refractivity contribution in [1.82, 2.24) is 10.2 Å². The number of rotatable bonds is 12. The molecule has 0 saturated heterocycles. The number of hydrogen-bond donors (Lipinski definition) is 4. The fourth-order valence-corrected chi connectivity index (χ4v) is 5.35. The molecular formula is C37H49N3O6. The van der Waals surface area contributed by atoms with Crippen LogP contribution in [0.15, 0.2) is 66.7 Å². The minimum atomic E-state index is -1.24. The SMILES string of the molecule is Cc1cccc(C)c1NC(=O)C(c1ccccc1O)N(C(=O)C(Cc1ccc(O)cc1)NC(=O)OC(C)(C)C)C(C)CCC(C)C. The molecule has 3 rings (SSSR count). The van der Waals surface area contributed by atoms with Gasteiger partial charge in [-0.3, -0.25) is 9.59 Å². The highest BCUT2D eigenvalue weighted by Crippen LogP contribution is 2.34.